The van der Waals surface area contributed by atoms with Gasteiger partial charge in [0.2, 0.25) is 5.91 Å². The quantitative estimate of drug-likeness (QED) is 0.779. The van der Waals surface area contributed by atoms with Crippen molar-refractivity contribution in [3.8, 4) is 0 Å². The van der Waals surface area contributed by atoms with Crippen molar-refractivity contribution < 1.29 is 18.0 Å². The van der Waals surface area contributed by atoms with Crippen LogP contribution in [0, 0.1) is 0 Å². The fourth-order valence-electron chi connectivity index (χ4n) is 2.18. The van der Waals surface area contributed by atoms with E-state index in [2.05, 4.69) is 6.58 Å². The van der Waals surface area contributed by atoms with Gasteiger partial charge in [-0.15, -0.1) is 0 Å². The van der Waals surface area contributed by atoms with Crippen molar-refractivity contribution in [1.82, 2.24) is 4.90 Å². The number of benzene rings is 1. The van der Waals surface area contributed by atoms with Crippen molar-refractivity contribution in [1.29, 1.82) is 0 Å². The van der Waals surface area contributed by atoms with Crippen LogP contribution in [0.2, 0.25) is 0 Å². The molecular formula is C14H15F3N2O. The fourth-order valence-corrected chi connectivity index (χ4v) is 2.18. The molecule has 0 N–H and O–H groups in total. The van der Waals surface area contributed by atoms with E-state index in [0.717, 1.165) is 17.8 Å². The van der Waals surface area contributed by atoms with Crippen molar-refractivity contribution in [2.24, 2.45) is 0 Å². The van der Waals surface area contributed by atoms with Crippen LogP contribution in [0.3, 0.4) is 0 Å². The second-order valence-electron chi connectivity index (χ2n) is 4.56. The van der Waals surface area contributed by atoms with Crippen LogP contribution in [0.25, 0.3) is 0 Å². The predicted molar refractivity (Wildman–Crippen MR) is 70.4 cm³/mol. The number of alkyl halides is 3. The number of anilines is 1. The minimum Gasteiger partial charge on any atom is -0.368 e. The number of carbonyl (C=O) groups excluding carboxylic acids is 1. The summed E-state index contributed by atoms with van der Waals surface area (Å²) in [6.07, 6.45) is -3.04. The molecule has 1 heterocycles. The van der Waals surface area contributed by atoms with Gasteiger partial charge in [-0.25, -0.2) is 0 Å². The third kappa shape index (κ3) is 3.12. The monoisotopic (exact) mass is 284 g/mol. The second kappa shape index (κ2) is 5.56. The highest BCUT2D eigenvalue weighted by Crippen LogP contribution is 2.30. The van der Waals surface area contributed by atoms with Gasteiger partial charge < -0.3 is 9.80 Å². The van der Waals surface area contributed by atoms with Gasteiger partial charge in [-0.05, 0) is 30.3 Å². The molecule has 6 heteroatoms. The largest absolute Gasteiger partial charge is 0.416 e. The third-order valence-electron chi connectivity index (χ3n) is 3.33. The highest BCUT2D eigenvalue weighted by atomic mass is 19.4. The molecule has 1 amide bonds. The van der Waals surface area contributed by atoms with E-state index in [-0.39, 0.29) is 5.91 Å². The van der Waals surface area contributed by atoms with Crippen LogP contribution in [0.15, 0.2) is 36.9 Å². The van der Waals surface area contributed by atoms with E-state index in [1.54, 1.807) is 4.90 Å². The van der Waals surface area contributed by atoms with Gasteiger partial charge in [-0.2, -0.15) is 13.2 Å². The highest BCUT2D eigenvalue weighted by Gasteiger charge is 2.30. The molecule has 0 aliphatic carbocycles. The van der Waals surface area contributed by atoms with Crippen molar-refractivity contribution in [3.63, 3.8) is 0 Å². The lowest BCUT2D eigenvalue weighted by molar-refractivity contribution is -0.137. The van der Waals surface area contributed by atoms with Crippen LogP contribution < -0.4 is 4.90 Å². The van der Waals surface area contributed by atoms with Gasteiger partial charge in [0.1, 0.15) is 0 Å². The molecule has 1 aromatic rings. The smallest absolute Gasteiger partial charge is 0.368 e. The maximum Gasteiger partial charge on any atom is 0.416 e. The Hall–Kier alpha value is -1.98. The first-order valence-electron chi connectivity index (χ1n) is 6.25. The summed E-state index contributed by atoms with van der Waals surface area (Å²) in [7, 11) is 0. The van der Waals surface area contributed by atoms with Crippen LogP contribution in [0.1, 0.15) is 5.56 Å². The molecule has 1 aromatic carbocycles. The van der Waals surface area contributed by atoms with E-state index in [0.29, 0.717) is 26.2 Å². The average molecular weight is 284 g/mol. The molecule has 0 atom stereocenters. The Morgan fingerprint density at radius 3 is 2.10 bits per heavy atom. The zero-order chi connectivity index (χ0) is 14.8. The lowest BCUT2D eigenvalue weighted by Crippen LogP contribution is -2.48. The third-order valence-corrected chi connectivity index (χ3v) is 3.33. The summed E-state index contributed by atoms with van der Waals surface area (Å²) in [6.45, 7) is 5.73. The molecule has 0 saturated carbocycles. The summed E-state index contributed by atoms with van der Waals surface area (Å²) < 4.78 is 37.4. The molecule has 3 nitrogen and oxygen atoms in total. The molecule has 0 bridgehead atoms. The molecule has 0 radical (unpaired) electrons. The molecule has 0 aromatic heterocycles. The maximum absolute atomic E-state index is 12.5. The fraction of sp³-hybridized carbons (Fsp3) is 0.357. The van der Waals surface area contributed by atoms with E-state index < -0.39 is 11.7 Å². The molecular weight excluding hydrogens is 269 g/mol. The number of amides is 1. The Balaban J connectivity index is 2.00. The number of carbonyl (C=O) groups is 1. The number of halogens is 3. The van der Waals surface area contributed by atoms with E-state index >= 15 is 0 Å². The zero-order valence-electron chi connectivity index (χ0n) is 10.9. The molecule has 20 heavy (non-hydrogen) atoms. The van der Waals surface area contributed by atoms with Gasteiger partial charge in [0.25, 0.3) is 0 Å². The van der Waals surface area contributed by atoms with E-state index in [9.17, 15) is 18.0 Å². The van der Waals surface area contributed by atoms with Gasteiger partial charge >= 0.3 is 6.18 Å². The average Bonchev–Trinajstić information content (AvgIpc) is 2.46. The lowest BCUT2D eigenvalue weighted by Gasteiger charge is -2.35. The topological polar surface area (TPSA) is 23.6 Å². The molecule has 1 aliphatic rings. The normalized spacial score (nSPS) is 16.1. The number of hydrogen-bond acceptors (Lipinski definition) is 2. The van der Waals surface area contributed by atoms with Crippen molar-refractivity contribution >= 4 is 11.6 Å². The van der Waals surface area contributed by atoms with Gasteiger partial charge in [0.15, 0.2) is 0 Å². The van der Waals surface area contributed by atoms with Gasteiger partial charge in [-0.1, -0.05) is 6.58 Å². The highest BCUT2D eigenvalue weighted by molar-refractivity contribution is 5.87. The van der Waals surface area contributed by atoms with Crippen LogP contribution >= 0.6 is 0 Å². The molecule has 108 valence electrons. The molecule has 2 rings (SSSR count). The summed E-state index contributed by atoms with van der Waals surface area (Å²) in [6, 6.07) is 5.09. The van der Waals surface area contributed by atoms with E-state index in [1.807, 2.05) is 4.90 Å². The van der Waals surface area contributed by atoms with E-state index in [4.69, 9.17) is 0 Å². The Morgan fingerprint density at radius 1 is 1.10 bits per heavy atom. The number of hydrogen-bond donors (Lipinski definition) is 0. The first-order valence-corrected chi connectivity index (χ1v) is 6.25. The Kier molecular flexibility index (Phi) is 4.01. The molecule has 1 aliphatic heterocycles. The van der Waals surface area contributed by atoms with E-state index in [1.165, 1.54) is 18.2 Å². The Bertz CT molecular complexity index is 488. The SMILES string of the molecule is C=CC(=O)N1CCN(c2ccc(C(F)(F)F)cc2)CC1. The van der Waals surface area contributed by atoms with Gasteiger partial charge in [-0.3, -0.25) is 4.79 Å². The summed E-state index contributed by atoms with van der Waals surface area (Å²) in [4.78, 5) is 15.1. The minimum atomic E-state index is -4.31. The summed E-state index contributed by atoms with van der Waals surface area (Å²) in [5.74, 6) is -0.114. The van der Waals surface area contributed by atoms with Crippen molar-refractivity contribution in [2.75, 3.05) is 31.1 Å². The summed E-state index contributed by atoms with van der Waals surface area (Å²) >= 11 is 0. The predicted octanol–water partition coefficient (Wildman–Crippen LogP) is 2.54. The minimum absolute atomic E-state index is 0.114. The maximum atomic E-state index is 12.5. The van der Waals surface area contributed by atoms with Crippen LogP contribution in [-0.2, 0) is 11.0 Å². The first kappa shape index (κ1) is 14.4. The summed E-state index contributed by atoms with van der Waals surface area (Å²) in [5, 5.41) is 0. The van der Waals surface area contributed by atoms with Crippen molar-refractivity contribution in [3.05, 3.63) is 42.5 Å². The zero-order valence-corrected chi connectivity index (χ0v) is 10.9. The van der Waals surface area contributed by atoms with Gasteiger partial charge in [0.05, 0.1) is 5.56 Å². The molecule has 0 spiro atoms. The number of nitrogens with zero attached hydrogens (tertiary/aromatic N) is 2. The standard InChI is InChI=1S/C14H15F3N2O/c1-2-13(20)19-9-7-18(8-10-19)12-5-3-11(4-6-12)14(15,16)17/h2-6H,1,7-10H2. The van der Waals surface area contributed by atoms with Crippen molar-refractivity contribution in [2.45, 2.75) is 6.18 Å². The molecule has 1 saturated heterocycles. The second-order valence-corrected chi connectivity index (χ2v) is 4.56. The molecule has 0 unspecified atom stereocenters. The Morgan fingerprint density at radius 2 is 1.65 bits per heavy atom. The first-order chi connectivity index (χ1) is 9.41. The number of rotatable bonds is 2. The summed E-state index contributed by atoms with van der Waals surface area (Å²) in [5.41, 5.74) is 0.0884. The lowest BCUT2D eigenvalue weighted by atomic mass is 10.1. The van der Waals surface area contributed by atoms with Crippen LogP contribution in [0.5, 0.6) is 0 Å². The van der Waals surface area contributed by atoms with Crippen LogP contribution in [0.4, 0.5) is 18.9 Å². The van der Waals surface area contributed by atoms with Crippen LogP contribution in [-0.4, -0.2) is 37.0 Å². The molecule has 1 fully saturated rings. The Labute approximate surface area is 115 Å². The number of piperazine rings is 1. The van der Waals surface area contributed by atoms with Gasteiger partial charge in [0, 0.05) is 31.9 Å².